The number of hydrogen-bond donors (Lipinski definition) is 3. The first kappa shape index (κ1) is 23.7. The number of halogens is 3. The van der Waals surface area contributed by atoms with Crippen LogP contribution in [0.15, 0.2) is 12.1 Å². The van der Waals surface area contributed by atoms with E-state index in [1.807, 2.05) is 40.7 Å². The largest absolute Gasteiger partial charge is 0.507 e. The molecular weight excluding hydrogens is 355 g/mol. The summed E-state index contributed by atoms with van der Waals surface area (Å²) in [5.74, 6) is -2.97. The average molecular weight is 379 g/mol. The molecule has 1 unspecified atom stereocenters. The van der Waals surface area contributed by atoms with Gasteiger partial charge < -0.3 is 20.7 Å². The number of hydrogen-bond acceptors (Lipinski definition) is 5. The zero-order valence-electron chi connectivity index (χ0n) is 15.3. The molecule has 1 rings (SSSR count). The Balaban J connectivity index is 0.000000758. The monoisotopic (exact) mass is 379 g/mol. The molecular formula is C17H24F3NO5. The van der Waals surface area contributed by atoms with E-state index < -0.39 is 23.8 Å². The number of phenolic OH excluding ortho intramolecular Hbond substituents is 1. The van der Waals surface area contributed by atoms with Gasteiger partial charge in [-0.15, -0.1) is 0 Å². The Labute approximate surface area is 149 Å². The molecule has 1 aromatic rings. The molecule has 0 aliphatic rings. The molecule has 0 radical (unpaired) electrons. The van der Waals surface area contributed by atoms with Crippen LogP contribution < -0.4 is 5.73 Å². The summed E-state index contributed by atoms with van der Waals surface area (Å²) in [5.41, 5.74) is 7.82. The number of rotatable bonds is 3. The van der Waals surface area contributed by atoms with Crippen LogP contribution in [0.2, 0.25) is 0 Å². The van der Waals surface area contributed by atoms with E-state index in [2.05, 4.69) is 0 Å². The van der Waals surface area contributed by atoms with E-state index in [1.54, 1.807) is 6.07 Å². The van der Waals surface area contributed by atoms with Crippen LogP contribution in [0.5, 0.6) is 5.75 Å². The van der Waals surface area contributed by atoms with Crippen molar-refractivity contribution in [2.45, 2.75) is 58.9 Å². The Bertz CT molecular complexity index is 651. The molecule has 0 spiro atoms. The zero-order valence-corrected chi connectivity index (χ0v) is 15.3. The molecule has 1 aromatic carbocycles. The lowest BCUT2D eigenvalue weighted by atomic mass is 9.98. The number of carbonyl (C=O) groups excluding carboxylic acids is 1. The molecule has 1 atom stereocenters. The SMILES string of the molecule is Cc1cc(C)c(O)c(C(N)CC(=O)OC(C)(C)C)c1.O=C(O)C(F)(F)F. The highest BCUT2D eigenvalue weighted by atomic mass is 19.4. The molecule has 0 aliphatic heterocycles. The van der Waals surface area contributed by atoms with Crippen molar-refractivity contribution in [3.8, 4) is 5.75 Å². The van der Waals surface area contributed by atoms with Gasteiger partial charge in [-0.05, 0) is 40.2 Å². The lowest BCUT2D eigenvalue weighted by molar-refractivity contribution is -0.192. The summed E-state index contributed by atoms with van der Waals surface area (Å²) in [5, 5.41) is 17.1. The van der Waals surface area contributed by atoms with Crippen LogP contribution in [0.4, 0.5) is 13.2 Å². The van der Waals surface area contributed by atoms with E-state index in [9.17, 15) is 23.1 Å². The van der Waals surface area contributed by atoms with Crippen LogP contribution in [-0.2, 0) is 14.3 Å². The Kier molecular flexibility index (Phi) is 8.10. The molecule has 0 aromatic heterocycles. The number of carboxylic acids is 1. The van der Waals surface area contributed by atoms with E-state index in [4.69, 9.17) is 20.4 Å². The van der Waals surface area contributed by atoms with Crippen molar-refractivity contribution < 1.29 is 37.7 Å². The Hall–Kier alpha value is -2.29. The predicted octanol–water partition coefficient (Wildman–Crippen LogP) is 3.37. The summed E-state index contributed by atoms with van der Waals surface area (Å²) in [4.78, 5) is 20.6. The minimum Gasteiger partial charge on any atom is -0.507 e. The molecule has 9 heteroatoms. The number of alkyl halides is 3. The fraction of sp³-hybridized carbons (Fsp3) is 0.529. The molecule has 0 saturated carbocycles. The van der Waals surface area contributed by atoms with Crippen molar-refractivity contribution >= 4 is 11.9 Å². The molecule has 0 fully saturated rings. The second kappa shape index (κ2) is 8.88. The molecule has 0 bridgehead atoms. The number of carboxylic acid groups (broad SMARTS) is 1. The van der Waals surface area contributed by atoms with Gasteiger partial charge in [0.1, 0.15) is 11.4 Å². The first-order valence-corrected chi connectivity index (χ1v) is 7.62. The van der Waals surface area contributed by atoms with Crippen molar-refractivity contribution in [2.75, 3.05) is 0 Å². The molecule has 0 saturated heterocycles. The Morgan fingerprint density at radius 3 is 2.04 bits per heavy atom. The van der Waals surface area contributed by atoms with Crippen LogP contribution in [0, 0.1) is 13.8 Å². The summed E-state index contributed by atoms with van der Waals surface area (Å²) < 4.78 is 37.0. The predicted molar refractivity (Wildman–Crippen MR) is 88.7 cm³/mol. The van der Waals surface area contributed by atoms with Crippen LogP contribution in [0.25, 0.3) is 0 Å². The lowest BCUT2D eigenvalue weighted by Gasteiger charge is -2.21. The number of aryl methyl sites for hydroxylation is 2. The van der Waals surface area contributed by atoms with Gasteiger partial charge in [-0.1, -0.05) is 17.7 Å². The number of esters is 1. The maximum absolute atomic E-state index is 11.7. The molecule has 148 valence electrons. The third-order valence-electron chi connectivity index (χ3n) is 2.92. The number of aliphatic carboxylic acids is 1. The molecule has 6 nitrogen and oxygen atoms in total. The second-order valence-electron chi connectivity index (χ2n) is 6.72. The smallest absolute Gasteiger partial charge is 0.490 e. The van der Waals surface area contributed by atoms with Gasteiger partial charge in [0.05, 0.1) is 6.42 Å². The highest BCUT2D eigenvalue weighted by Gasteiger charge is 2.38. The quantitative estimate of drug-likeness (QED) is 0.695. The first-order valence-electron chi connectivity index (χ1n) is 7.62. The van der Waals surface area contributed by atoms with Crippen LogP contribution in [0.1, 0.15) is 49.9 Å². The molecule has 0 amide bonds. The third-order valence-corrected chi connectivity index (χ3v) is 2.92. The Morgan fingerprint density at radius 2 is 1.65 bits per heavy atom. The van der Waals surface area contributed by atoms with E-state index in [-0.39, 0.29) is 18.1 Å². The third kappa shape index (κ3) is 8.70. The van der Waals surface area contributed by atoms with Gasteiger partial charge in [0.25, 0.3) is 0 Å². The highest BCUT2D eigenvalue weighted by molar-refractivity contribution is 5.73. The fourth-order valence-corrected chi connectivity index (χ4v) is 1.95. The van der Waals surface area contributed by atoms with Gasteiger partial charge in [-0.25, -0.2) is 4.79 Å². The molecule has 4 N–H and O–H groups in total. The normalized spacial score (nSPS) is 12.7. The van der Waals surface area contributed by atoms with Gasteiger partial charge in [0, 0.05) is 11.6 Å². The van der Waals surface area contributed by atoms with Gasteiger partial charge in [-0.3, -0.25) is 4.79 Å². The van der Waals surface area contributed by atoms with E-state index in [0.29, 0.717) is 5.56 Å². The van der Waals surface area contributed by atoms with E-state index in [1.165, 1.54) is 0 Å². The van der Waals surface area contributed by atoms with Gasteiger partial charge in [0.2, 0.25) is 0 Å². The highest BCUT2D eigenvalue weighted by Crippen LogP contribution is 2.30. The summed E-state index contributed by atoms with van der Waals surface area (Å²) >= 11 is 0. The summed E-state index contributed by atoms with van der Waals surface area (Å²) in [6.07, 6.45) is -5.03. The van der Waals surface area contributed by atoms with E-state index in [0.717, 1.165) is 11.1 Å². The van der Waals surface area contributed by atoms with Crippen molar-refractivity contribution in [1.82, 2.24) is 0 Å². The minimum atomic E-state index is -5.08. The topological polar surface area (TPSA) is 110 Å². The number of carbonyl (C=O) groups is 2. The summed E-state index contributed by atoms with van der Waals surface area (Å²) in [6, 6.07) is 3.12. The standard InChI is InChI=1S/C15H23NO3.C2HF3O2/c1-9-6-10(2)14(18)11(7-9)12(16)8-13(17)19-15(3,4)5;3-2(4,5)1(6)7/h6-7,12,18H,8,16H2,1-5H3;(H,6,7). The first-order chi connectivity index (χ1) is 11.5. The number of ether oxygens (including phenoxy) is 1. The zero-order chi connectivity index (χ0) is 20.9. The van der Waals surface area contributed by atoms with Gasteiger partial charge >= 0.3 is 18.1 Å². The van der Waals surface area contributed by atoms with E-state index >= 15 is 0 Å². The summed E-state index contributed by atoms with van der Waals surface area (Å²) in [6.45, 7) is 9.17. The minimum absolute atomic E-state index is 0.0493. The van der Waals surface area contributed by atoms with Gasteiger partial charge in [-0.2, -0.15) is 13.2 Å². The van der Waals surface area contributed by atoms with Crippen molar-refractivity contribution in [1.29, 1.82) is 0 Å². The fourth-order valence-electron chi connectivity index (χ4n) is 1.95. The van der Waals surface area contributed by atoms with Crippen LogP contribution >= 0.6 is 0 Å². The second-order valence-corrected chi connectivity index (χ2v) is 6.72. The molecule has 0 heterocycles. The Morgan fingerprint density at radius 1 is 1.19 bits per heavy atom. The van der Waals surface area contributed by atoms with Crippen molar-refractivity contribution in [2.24, 2.45) is 5.73 Å². The van der Waals surface area contributed by atoms with Crippen LogP contribution in [0.3, 0.4) is 0 Å². The molecule has 26 heavy (non-hydrogen) atoms. The number of phenols is 1. The van der Waals surface area contributed by atoms with Gasteiger partial charge in [0.15, 0.2) is 0 Å². The lowest BCUT2D eigenvalue weighted by Crippen LogP contribution is -2.26. The number of nitrogens with two attached hydrogens (primary N) is 1. The summed E-state index contributed by atoms with van der Waals surface area (Å²) in [7, 11) is 0. The van der Waals surface area contributed by atoms with Crippen molar-refractivity contribution in [3.63, 3.8) is 0 Å². The van der Waals surface area contributed by atoms with Crippen molar-refractivity contribution in [3.05, 3.63) is 28.8 Å². The molecule has 0 aliphatic carbocycles. The maximum atomic E-state index is 11.7. The maximum Gasteiger partial charge on any atom is 0.490 e. The average Bonchev–Trinajstić information content (AvgIpc) is 2.39. The number of aromatic hydroxyl groups is 1. The number of benzene rings is 1. The van der Waals surface area contributed by atoms with Crippen LogP contribution in [-0.4, -0.2) is 33.9 Å².